The Balaban J connectivity index is 0. The highest BCUT2D eigenvalue weighted by molar-refractivity contribution is 6.67. The van der Waals surface area contributed by atoms with Gasteiger partial charge in [-0.1, -0.05) is 0 Å². The maximum absolute atomic E-state index is 11.1. The summed E-state index contributed by atoms with van der Waals surface area (Å²) in [5.41, 5.74) is 0. The topological polar surface area (TPSA) is 107 Å². The van der Waals surface area contributed by atoms with E-state index in [1.807, 2.05) is 0 Å². The molecule has 0 saturated carbocycles. The van der Waals surface area contributed by atoms with E-state index in [4.69, 9.17) is 21.0 Å². The van der Waals surface area contributed by atoms with Crippen LogP contribution in [0.15, 0.2) is 0 Å². The van der Waals surface area contributed by atoms with Gasteiger partial charge in [-0.3, -0.25) is 8.63 Å². The first kappa shape index (κ1) is 17.3. The van der Waals surface area contributed by atoms with Gasteiger partial charge < -0.3 is 5.32 Å². The van der Waals surface area contributed by atoms with Crippen LogP contribution < -0.4 is 5.32 Å². The summed E-state index contributed by atoms with van der Waals surface area (Å²) in [6.45, 7) is -1.41. The van der Waals surface area contributed by atoms with Crippen LogP contribution in [-0.4, -0.2) is 27.1 Å². The number of hydrogen-bond donors (Lipinski definition) is 1. The van der Waals surface area contributed by atoms with Crippen molar-refractivity contribution in [1.82, 2.24) is 5.32 Å². The second-order valence-electron chi connectivity index (χ2n) is 2.70. The summed E-state index contributed by atoms with van der Waals surface area (Å²) in [6, 6.07) is 0. The Bertz CT molecular complexity index is 281. The molecule has 0 radical (unpaired) electrons. The molecule has 1 heterocycles. The number of nitriles is 4. The number of halogens is 2. The van der Waals surface area contributed by atoms with E-state index in [-0.39, 0.29) is 0 Å². The number of hydrogen-bond acceptors (Lipinski definition) is 5. The predicted octanol–water partition coefficient (Wildman–Crippen LogP) is 0.516. The van der Waals surface area contributed by atoms with Crippen molar-refractivity contribution in [3.05, 3.63) is 0 Å². The van der Waals surface area contributed by atoms with Crippen LogP contribution in [0.25, 0.3) is 0 Å². The molecule has 0 bridgehead atoms. The van der Waals surface area contributed by atoms with Crippen molar-refractivity contribution in [3.63, 3.8) is 0 Å². The smallest absolute Gasteiger partial charge is 0.317 e. The van der Waals surface area contributed by atoms with Gasteiger partial charge in [-0.25, -0.2) is 21.0 Å². The van der Waals surface area contributed by atoms with Gasteiger partial charge in [0.05, 0.1) is 23.9 Å². The maximum Gasteiger partial charge on any atom is 0.567 e. The van der Waals surface area contributed by atoms with Gasteiger partial charge in [-0.05, 0) is 25.9 Å². The zero-order valence-electron chi connectivity index (χ0n) is 9.03. The number of nitrogens with zero attached hydrogens (tertiary/aromatic N) is 4. The minimum Gasteiger partial charge on any atom is -0.317 e. The summed E-state index contributed by atoms with van der Waals surface area (Å²) in [5, 5.41) is 33.2. The molecule has 0 aromatic rings. The molecule has 0 amide bonds. The van der Waals surface area contributed by atoms with Crippen molar-refractivity contribution in [2.24, 2.45) is 0 Å². The van der Waals surface area contributed by atoms with E-state index in [1.165, 1.54) is 25.9 Å². The lowest BCUT2D eigenvalue weighted by atomic mass is 9.78. The largest absolute Gasteiger partial charge is 0.567 e. The Morgan fingerprint density at radius 2 is 1.06 bits per heavy atom. The van der Waals surface area contributed by atoms with Gasteiger partial charge in [-0.2, -0.15) is 0 Å². The van der Waals surface area contributed by atoms with E-state index in [2.05, 4.69) is 5.32 Å². The Morgan fingerprint density at radius 1 is 0.765 bits per heavy atom. The van der Waals surface area contributed by atoms with Crippen LogP contribution >= 0.6 is 0 Å². The van der Waals surface area contributed by atoms with Crippen molar-refractivity contribution >= 4 is 14.0 Å². The molecule has 1 saturated heterocycles. The van der Waals surface area contributed by atoms with Gasteiger partial charge >= 0.3 is 14.0 Å². The summed E-state index contributed by atoms with van der Waals surface area (Å²) in [7, 11) is 0. The van der Waals surface area contributed by atoms with E-state index >= 15 is 0 Å². The molecule has 0 aromatic heterocycles. The molecule has 5 nitrogen and oxygen atoms in total. The molecule has 1 fully saturated rings. The highest BCUT2D eigenvalue weighted by atomic mass is 19.1. The fraction of sp³-hybridized carbons (Fsp3) is 0.500. The third kappa shape index (κ3) is 16.6. The third-order valence-corrected chi connectivity index (χ3v) is 1.41. The lowest BCUT2D eigenvalue weighted by Crippen LogP contribution is -2.03. The molecule has 1 aliphatic rings. The third-order valence-electron chi connectivity index (χ3n) is 1.41. The molecule has 1 N–H and O–H groups in total. The van der Waals surface area contributed by atoms with Crippen LogP contribution in [-0.2, 0) is 0 Å². The molecule has 1 rings (SSSR count). The Morgan fingerprint density at radius 3 is 1.12 bits per heavy atom. The van der Waals surface area contributed by atoms with Crippen molar-refractivity contribution in [1.29, 1.82) is 21.0 Å². The molecule has 0 aliphatic carbocycles. The highest BCUT2D eigenvalue weighted by Gasteiger charge is 2.08. The lowest BCUT2D eigenvalue weighted by Gasteiger charge is -1.76. The second-order valence-corrected chi connectivity index (χ2v) is 2.70. The summed E-state index contributed by atoms with van der Waals surface area (Å²) < 4.78 is 22.3. The van der Waals surface area contributed by atoms with E-state index in [0.717, 1.165) is 23.9 Å². The van der Waals surface area contributed by atoms with Crippen LogP contribution in [0.2, 0.25) is 0 Å². The Kier molecular flexibility index (Phi) is 14.2. The number of nitrogens with one attached hydrogen (secondary N) is 1. The summed E-state index contributed by atoms with van der Waals surface area (Å²) in [6.07, 6.45) is 2.78. The molecule has 0 aromatic carbocycles. The maximum atomic E-state index is 11.1. The van der Waals surface area contributed by atoms with E-state index in [9.17, 15) is 8.63 Å². The van der Waals surface area contributed by atoms with Crippen LogP contribution in [0.1, 0.15) is 12.8 Å². The molecule has 17 heavy (non-hydrogen) atoms. The van der Waals surface area contributed by atoms with Crippen molar-refractivity contribution < 1.29 is 8.63 Å². The van der Waals surface area contributed by atoms with Gasteiger partial charge in [0.1, 0.15) is 0 Å². The average molecular weight is 235 g/mol. The summed E-state index contributed by atoms with van der Waals surface area (Å²) in [4.78, 5) is 0. The zero-order chi connectivity index (χ0) is 13.5. The Hall–Kier alpha value is -2.09. The average Bonchev–Trinajstić information content (AvgIpc) is 2.96. The molecule has 9 heteroatoms. The molecule has 0 spiro atoms. The molecule has 1 aliphatic heterocycles. The van der Waals surface area contributed by atoms with Crippen molar-refractivity contribution in [3.8, 4) is 23.9 Å². The normalized spacial score (nSPS) is 10.7. The van der Waals surface area contributed by atoms with Crippen LogP contribution in [0, 0.1) is 44.9 Å². The highest BCUT2D eigenvalue weighted by Crippen LogP contribution is 1.90. The first-order chi connectivity index (χ1) is 8.12. The molecule has 86 valence electrons. The van der Waals surface area contributed by atoms with Crippen molar-refractivity contribution in [2.75, 3.05) is 13.1 Å². The van der Waals surface area contributed by atoms with Crippen LogP contribution in [0.4, 0.5) is 8.63 Å². The van der Waals surface area contributed by atoms with E-state index in [0.29, 0.717) is 0 Å². The van der Waals surface area contributed by atoms with Crippen LogP contribution in [0.3, 0.4) is 0 Å². The first-order valence-electron chi connectivity index (χ1n) is 4.69. The molecule has 0 unspecified atom stereocenters. The van der Waals surface area contributed by atoms with E-state index < -0.39 is 14.0 Å². The monoisotopic (exact) mass is 235 g/mol. The fourth-order valence-corrected chi connectivity index (χ4v) is 0.683. The number of rotatable bonds is 0. The lowest BCUT2D eigenvalue weighted by molar-refractivity contribution is 0.857. The SMILES string of the molecule is C1CCNC1.N#CB(F)C#N.N#CB(F)C#N. The Labute approximate surface area is 99.5 Å². The quantitative estimate of drug-likeness (QED) is 0.615. The van der Waals surface area contributed by atoms with Crippen molar-refractivity contribution in [2.45, 2.75) is 12.8 Å². The second kappa shape index (κ2) is 13.9. The first-order valence-corrected chi connectivity index (χ1v) is 4.69. The minimum atomic E-state index is -1.95. The van der Waals surface area contributed by atoms with Gasteiger partial charge in [0.25, 0.3) is 0 Å². The predicted molar refractivity (Wildman–Crippen MR) is 58.3 cm³/mol. The fourth-order valence-electron chi connectivity index (χ4n) is 0.683. The van der Waals surface area contributed by atoms with Gasteiger partial charge in [0.15, 0.2) is 0 Å². The summed E-state index contributed by atoms with van der Waals surface area (Å²) >= 11 is 0. The van der Waals surface area contributed by atoms with Gasteiger partial charge in [0, 0.05) is 0 Å². The summed E-state index contributed by atoms with van der Waals surface area (Å²) in [5.74, 6) is 4.35. The van der Waals surface area contributed by atoms with Gasteiger partial charge in [0.2, 0.25) is 0 Å². The van der Waals surface area contributed by atoms with Gasteiger partial charge in [-0.15, -0.1) is 0 Å². The minimum absolute atomic E-state index is 1.09. The van der Waals surface area contributed by atoms with E-state index in [1.54, 1.807) is 0 Å². The zero-order valence-corrected chi connectivity index (χ0v) is 9.03. The standard InChI is InChI=1S/C4H9N.2C2BFN2/c1-2-4-5-3-1;2*4-3(1-5)2-6/h5H,1-4H2;;. The van der Waals surface area contributed by atoms with Crippen LogP contribution in [0.5, 0.6) is 0 Å². The molecule has 0 atom stereocenters. The molecular formula is C8H9B2F2N5. The molecular weight excluding hydrogens is 226 g/mol.